The lowest BCUT2D eigenvalue weighted by atomic mass is 10.1. The highest BCUT2D eigenvalue weighted by Gasteiger charge is 2.23. The molecule has 0 bridgehead atoms. The van der Waals surface area contributed by atoms with E-state index >= 15 is 0 Å². The molecule has 0 unspecified atom stereocenters. The van der Waals surface area contributed by atoms with Crippen molar-refractivity contribution in [1.82, 2.24) is 5.32 Å². The number of benzene rings is 2. The van der Waals surface area contributed by atoms with Crippen LogP contribution in [0, 0.1) is 0 Å². The zero-order chi connectivity index (χ0) is 20.9. The molecule has 1 fully saturated rings. The summed E-state index contributed by atoms with van der Waals surface area (Å²) in [6, 6.07) is 13.9. The first-order valence-corrected chi connectivity index (χ1v) is 10.5. The van der Waals surface area contributed by atoms with Crippen LogP contribution in [0.5, 0.6) is 17.2 Å². The number of fused-ring (bicyclic) bond motifs is 1. The van der Waals surface area contributed by atoms with Gasteiger partial charge in [0.25, 0.3) is 5.91 Å². The second kappa shape index (κ2) is 9.26. The fourth-order valence-corrected chi connectivity index (χ4v) is 3.98. The highest BCUT2D eigenvalue weighted by Crippen LogP contribution is 2.32. The molecule has 2 aliphatic heterocycles. The lowest BCUT2D eigenvalue weighted by Gasteiger charge is -2.33. The molecule has 1 saturated heterocycles. The maximum Gasteiger partial charge on any atom is 0.275 e. The average molecular weight is 413 g/mol. The Hall–Kier alpha value is -2.93. The van der Waals surface area contributed by atoms with Crippen LogP contribution in [0.25, 0.3) is 0 Å². The summed E-state index contributed by atoms with van der Waals surface area (Å²) in [5, 5.41) is 3.12. The number of quaternary nitrogens is 1. The van der Waals surface area contributed by atoms with Gasteiger partial charge in [-0.2, -0.15) is 0 Å². The number of hydrogen-bond donors (Lipinski definition) is 2. The van der Waals surface area contributed by atoms with Gasteiger partial charge in [0.2, 0.25) is 0 Å². The van der Waals surface area contributed by atoms with Crippen molar-refractivity contribution in [3.63, 3.8) is 0 Å². The minimum absolute atomic E-state index is 0.0743. The number of piperazine rings is 1. The Kier molecular flexibility index (Phi) is 6.28. The molecule has 0 aliphatic carbocycles. The van der Waals surface area contributed by atoms with Crippen molar-refractivity contribution in [2.24, 2.45) is 0 Å². The Morgan fingerprint density at radius 1 is 1.10 bits per heavy atom. The van der Waals surface area contributed by atoms with Crippen molar-refractivity contribution in [3.05, 3.63) is 48.0 Å². The molecule has 2 heterocycles. The number of anilines is 1. The van der Waals surface area contributed by atoms with E-state index in [-0.39, 0.29) is 11.9 Å². The summed E-state index contributed by atoms with van der Waals surface area (Å²) < 4.78 is 16.4. The van der Waals surface area contributed by atoms with Crippen molar-refractivity contribution >= 4 is 11.6 Å². The van der Waals surface area contributed by atoms with Crippen LogP contribution in [0.15, 0.2) is 42.5 Å². The van der Waals surface area contributed by atoms with Gasteiger partial charge in [-0.25, -0.2) is 0 Å². The number of carbonyl (C=O) groups is 1. The first-order valence-electron chi connectivity index (χ1n) is 10.5. The standard InChI is InChI=1S/C23H29N3O4/c1-17(18-3-8-21-22(15-18)30-14-13-29-21)24-23(27)16-25-9-11-26(12-10-25)19-4-6-20(28-2)7-5-19/h3-8,15,17H,9-14,16H2,1-2H3,(H,24,27)/p+1/t17-/m0/s1. The summed E-state index contributed by atoms with van der Waals surface area (Å²) in [7, 11) is 1.68. The van der Waals surface area contributed by atoms with E-state index in [1.807, 2.05) is 37.3 Å². The Morgan fingerprint density at radius 2 is 1.80 bits per heavy atom. The van der Waals surface area contributed by atoms with E-state index in [4.69, 9.17) is 14.2 Å². The third-order valence-electron chi connectivity index (χ3n) is 5.76. The third kappa shape index (κ3) is 4.79. The smallest absolute Gasteiger partial charge is 0.275 e. The summed E-state index contributed by atoms with van der Waals surface area (Å²) in [5.74, 6) is 2.46. The topological polar surface area (TPSA) is 64.5 Å². The maximum absolute atomic E-state index is 12.6. The number of nitrogens with zero attached hydrogens (tertiary/aromatic N) is 1. The summed E-state index contributed by atoms with van der Waals surface area (Å²) in [5.41, 5.74) is 2.22. The molecule has 0 saturated carbocycles. The monoisotopic (exact) mass is 412 g/mol. The van der Waals surface area contributed by atoms with E-state index in [1.165, 1.54) is 10.6 Å². The van der Waals surface area contributed by atoms with Crippen molar-refractivity contribution in [1.29, 1.82) is 0 Å². The maximum atomic E-state index is 12.6. The largest absolute Gasteiger partial charge is 0.497 e. The van der Waals surface area contributed by atoms with Gasteiger partial charge in [-0.3, -0.25) is 4.79 Å². The number of ether oxygens (including phenoxy) is 3. The molecule has 160 valence electrons. The summed E-state index contributed by atoms with van der Waals surface area (Å²) in [6.07, 6.45) is 0. The van der Waals surface area contributed by atoms with Crippen LogP contribution in [-0.4, -0.2) is 59.0 Å². The van der Waals surface area contributed by atoms with Crippen LogP contribution >= 0.6 is 0 Å². The Balaban J connectivity index is 1.25. The lowest BCUT2D eigenvalue weighted by Crippen LogP contribution is -3.15. The van der Waals surface area contributed by atoms with E-state index in [2.05, 4.69) is 22.3 Å². The van der Waals surface area contributed by atoms with Gasteiger partial charge >= 0.3 is 0 Å². The van der Waals surface area contributed by atoms with Crippen LogP contribution in [-0.2, 0) is 4.79 Å². The predicted molar refractivity (Wildman–Crippen MR) is 115 cm³/mol. The Morgan fingerprint density at radius 3 is 2.50 bits per heavy atom. The molecule has 1 amide bonds. The van der Waals surface area contributed by atoms with E-state index in [0.29, 0.717) is 19.8 Å². The van der Waals surface area contributed by atoms with E-state index in [0.717, 1.165) is 49.0 Å². The summed E-state index contributed by atoms with van der Waals surface area (Å²) >= 11 is 0. The molecular formula is C23H30N3O4+. The normalized spacial score (nSPS) is 17.3. The molecule has 7 nitrogen and oxygen atoms in total. The molecule has 2 N–H and O–H groups in total. The fraction of sp³-hybridized carbons (Fsp3) is 0.435. The fourth-order valence-electron chi connectivity index (χ4n) is 3.98. The van der Waals surface area contributed by atoms with Gasteiger partial charge in [0.1, 0.15) is 19.0 Å². The molecule has 2 aromatic carbocycles. The van der Waals surface area contributed by atoms with Gasteiger partial charge in [-0.15, -0.1) is 0 Å². The Labute approximate surface area is 177 Å². The first-order chi connectivity index (χ1) is 14.6. The molecule has 0 radical (unpaired) electrons. The molecule has 7 heteroatoms. The quantitative estimate of drug-likeness (QED) is 0.743. The van der Waals surface area contributed by atoms with Gasteiger partial charge in [-0.05, 0) is 48.9 Å². The lowest BCUT2D eigenvalue weighted by molar-refractivity contribution is -0.892. The van der Waals surface area contributed by atoms with Gasteiger partial charge in [0, 0.05) is 5.69 Å². The van der Waals surface area contributed by atoms with Crippen LogP contribution in [0.3, 0.4) is 0 Å². The Bertz CT molecular complexity index is 863. The number of nitrogens with one attached hydrogen (secondary N) is 2. The summed E-state index contributed by atoms with van der Waals surface area (Å²) in [6.45, 7) is 7.39. The molecule has 0 spiro atoms. The SMILES string of the molecule is COc1ccc(N2CC[NH+](CC(=O)N[C@@H](C)c3ccc4c(c3)OCCO4)CC2)cc1. The third-order valence-corrected chi connectivity index (χ3v) is 5.76. The number of carbonyl (C=O) groups excluding carboxylic acids is 1. The van der Waals surface area contributed by atoms with Crippen LogP contribution in [0.4, 0.5) is 5.69 Å². The second-order valence-electron chi connectivity index (χ2n) is 7.80. The summed E-state index contributed by atoms with van der Waals surface area (Å²) in [4.78, 5) is 16.3. The van der Waals surface area contributed by atoms with E-state index in [1.54, 1.807) is 7.11 Å². The van der Waals surface area contributed by atoms with Gasteiger partial charge < -0.3 is 29.3 Å². The van der Waals surface area contributed by atoms with Crippen LogP contribution < -0.4 is 29.3 Å². The van der Waals surface area contributed by atoms with Crippen molar-refractivity contribution in [2.75, 3.05) is 57.9 Å². The average Bonchev–Trinajstić information content (AvgIpc) is 2.79. The molecule has 2 aliphatic rings. The second-order valence-corrected chi connectivity index (χ2v) is 7.80. The number of hydrogen-bond acceptors (Lipinski definition) is 5. The molecule has 1 atom stereocenters. The highest BCUT2D eigenvalue weighted by atomic mass is 16.6. The number of rotatable bonds is 6. The van der Waals surface area contributed by atoms with Crippen molar-refractivity contribution < 1.29 is 23.9 Å². The van der Waals surface area contributed by atoms with Crippen molar-refractivity contribution in [2.45, 2.75) is 13.0 Å². The van der Waals surface area contributed by atoms with Crippen LogP contribution in [0.1, 0.15) is 18.5 Å². The van der Waals surface area contributed by atoms with E-state index < -0.39 is 0 Å². The van der Waals surface area contributed by atoms with Gasteiger partial charge in [0.05, 0.1) is 39.3 Å². The van der Waals surface area contributed by atoms with Gasteiger partial charge in [-0.1, -0.05) is 6.07 Å². The molecular weight excluding hydrogens is 382 g/mol. The molecule has 30 heavy (non-hydrogen) atoms. The minimum Gasteiger partial charge on any atom is -0.497 e. The predicted octanol–water partition coefficient (Wildman–Crippen LogP) is 1.05. The van der Waals surface area contributed by atoms with Crippen molar-refractivity contribution in [3.8, 4) is 17.2 Å². The van der Waals surface area contributed by atoms with Gasteiger partial charge in [0.15, 0.2) is 18.0 Å². The number of methoxy groups -OCH3 is 1. The molecule has 2 aromatic rings. The zero-order valence-electron chi connectivity index (χ0n) is 17.6. The highest BCUT2D eigenvalue weighted by molar-refractivity contribution is 5.77. The number of amides is 1. The van der Waals surface area contributed by atoms with E-state index in [9.17, 15) is 4.79 Å². The molecule has 0 aromatic heterocycles. The molecule has 4 rings (SSSR count). The van der Waals surface area contributed by atoms with Crippen LogP contribution in [0.2, 0.25) is 0 Å². The minimum atomic E-state index is -0.0756. The first kappa shape index (κ1) is 20.3. The zero-order valence-corrected chi connectivity index (χ0v) is 17.6.